The molecule has 0 saturated carbocycles. The monoisotopic (exact) mass is 183 g/mol. The van der Waals surface area contributed by atoms with Gasteiger partial charge in [-0.1, -0.05) is 36.4 Å². The van der Waals surface area contributed by atoms with Gasteiger partial charge in [0.05, 0.1) is 5.92 Å². The molecule has 0 aliphatic rings. The van der Waals surface area contributed by atoms with Crippen molar-refractivity contribution < 1.29 is 4.79 Å². The van der Waals surface area contributed by atoms with Crippen molar-refractivity contribution in [1.29, 1.82) is 0 Å². The Balaban J connectivity index is 0.00000169. The number of carbonyl (C=O) groups excluding carboxylic acids is 1. The van der Waals surface area contributed by atoms with Gasteiger partial charge in [-0.3, -0.25) is 4.79 Å². The van der Waals surface area contributed by atoms with Crippen molar-refractivity contribution in [2.24, 2.45) is 5.73 Å². The van der Waals surface area contributed by atoms with E-state index in [1.54, 1.807) is 6.08 Å². The zero-order valence-electron chi connectivity index (χ0n) is 7.44. The van der Waals surface area contributed by atoms with Crippen LogP contribution >= 0.6 is 0 Å². The summed E-state index contributed by atoms with van der Waals surface area (Å²) in [6.45, 7) is 3.60. The van der Waals surface area contributed by atoms with Crippen molar-refractivity contribution in [3.05, 3.63) is 48.6 Å². The summed E-state index contributed by atoms with van der Waals surface area (Å²) in [7, 11) is 0. The molecule has 2 N–H and O–H groups in total. The fourth-order valence-corrected chi connectivity index (χ4v) is 1.27. The molecule has 0 saturated heterocycles. The molecule has 0 aliphatic heterocycles. The molecule has 3 heteroatoms. The van der Waals surface area contributed by atoms with E-state index in [1.165, 1.54) is 0 Å². The molecule has 1 atom stereocenters. The van der Waals surface area contributed by atoms with Gasteiger partial charge in [-0.15, -0.1) is 6.58 Å². The molecular weight excluding hydrogens is 169 g/mol. The molecule has 0 aromatic heterocycles. The molecule has 0 aliphatic carbocycles. The zero-order valence-corrected chi connectivity index (χ0v) is 7.44. The van der Waals surface area contributed by atoms with E-state index >= 15 is 0 Å². The fraction of sp³-hybridized carbons (Fsp3) is 0.182. The quantitative estimate of drug-likeness (QED) is 0.552. The molecule has 0 fully saturated rings. The third-order valence-corrected chi connectivity index (χ3v) is 1.95. The van der Waals surface area contributed by atoms with Crippen LogP contribution in [0.15, 0.2) is 43.0 Å². The second-order valence-electron chi connectivity index (χ2n) is 2.89. The predicted molar refractivity (Wildman–Crippen MR) is 60.3 cm³/mol. The van der Waals surface area contributed by atoms with E-state index in [2.05, 4.69) is 6.58 Å². The molecule has 0 spiro atoms. The summed E-state index contributed by atoms with van der Waals surface area (Å²) < 4.78 is 0. The normalized spacial score (nSPS) is 11.1. The average molecular weight is 183 g/mol. The number of hydrogen-bond donors (Lipinski definition) is 1. The van der Waals surface area contributed by atoms with E-state index in [0.29, 0.717) is 6.42 Å². The van der Waals surface area contributed by atoms with Crippen molar-refractivity contribution in [2.45, 2.75) is 12.3 Å². The van der Waals surface area contributed by atoms with Crippen LogP contribution in [0.2, 0.25) is 0 Å². The summed E-state index contributed by atoms with van der Waals surface area (Å²) in [5, 5.41) is 0. The molecule has 70 valence electrons. The van der Waals surface area contributed by atoms with E-state index in [1.807, 2.05) is 30.3 Å². The van der Waals surface area contributed by atoms with Crippen LogP contribution in [0.3, 0.4) is 0 Å². The first kappa shape index (κ1) is 13.0. The Morgan fingerprint density at radius 3 is 2.43 bits per heavy atom. The van der Waals surface area contributed by atoms with Crippen LogP contribution in [-0.4, -0.2) is 24.8 Å². The number of carbonyl (C=O) groups is 1. The Labute approximate surface area is 96.4 Å². The van der Waals surface area contributed by atoms with Crippen LogP contribution in [0, 0.1) is 0 Å². The van der Waals surface area contributed by atoms with Gasteiger partial charge in [-0.25, -0.2) is 0 Å². The Morgan fingerprint density at radius 2 is 2.00 bits per heavy atom. The standard InChI is InChI=1S/C11H13NO.Li.H/c1-2-6-10(11(12)13)9-7-4-3-5-8-9;;/h2-5,7-8,10H,1,6H2,(H2,12,13);;/t10-;;/m1../s1. The molecule has 14 heavy (non-hydrogen) atoms. The van der Waals surface area contributed by atoms with Crippen molar-refractivity contribution in [3.8, 4) is 0 Å². The maximum atomic E-state index is 11.1. The van der Waals surface area contributed by atoms with Gasteiger partial charge < -0.3 is 5.73 Å². The molecule has 0 heterocycles. The van der Waals surface area contributed by atoms with Crippen LogP contribution in [0.1, 0.15) is 17.9 Å². The van der Waals surface area contributed by atoms with Crippen LogP contribution in [-0.2, 0) is 4.79 Å². The van der Waals surface area contributed by atoms with Gasteiger partial charge in [0.1, 0.15) is 0 Å². The number of hydrogen-bond acceptors (Lipinski definition) is 1. The molecule has 1 amide bonds. The van der Waals surface area contributed by atoms with E-state index in [9.17, 15) is 4.79 Å². The Morgan fingerprint density at radius 1 is 1.43 bits per heavy atom. The van der Waals surface area contributed by atoms with Gasteiger partial charge in [-0.2, -0.15) is 0 Å². The van der Waals surface area contributed by atoms with Gasteiger partial charge in [0.25, 0.3) is 0 Å². The first-order valence-electron chi connectivity index (χ1n) is 4.21. The molecule has 1 aromatic carbocycles. The van der Waals surface area contributed by atoms with Gasteiger partial charge in [0, 0.05) is 0 Å². The number of primary amides is 1. The molecule has 0 unspecified atom stereocenters. The summed E-state index contributed by atoms with van der Waals surface area (Å²) >= 11 is 0. The van der Waals surface area contributed by atoms with Crippen LogP contribution < -0.4 is 5.73 Å². The summed E-state index contributed by atoms with van der Waals surface area (Å²) in [4.78, 5) is 11.1. The van der Waals surface area contributed by atoms with E-state index in [-0.39, 0.29) is 30.7 Å². The second kappa shape index (κ2) is 6.48. The van der Waals surface area contributed by atoms with E-state index in [0.717, 1.165) is 5.56 Å². The van der Waals surface area contributed by atoms with Crippen molar-refractivity contribution in [3.63, 3.8) is 0 Å². The van der Waals surface area contributed by atoms with Crippen LogP contribution in [0.5, 0.6) is 0 Å². The molecule has 0 bridgehead atoms. The summed E-state index contributed by atoms with van der Waals surface area (Å²) in [6, 6.07) is 9.51. The topological polar surface area (TPSA) is 43.1 Å². The van der Waals surface area contributed by atoms with Crippen LogP contribution in [0.4, 0.5) is 0 Å². The number of nitrogens with two attached hydrogens (primary N) is 1. The van der Waals surface area contributed by atoms with Gasteiger partial charge >= 0.3 is 18.9 Å². The van der Waals surface area contributed by atoms with Gasteiger partial charge in [0.2, 0.25) is 5.91 Å². The summed E-state index contributed by atoms with van der Waals surface area (Å²) in [6.07, 6.45) is 2.31. The average Bonchev–Trinajstić information content (AvgIpc) is 2.15. The molecule has 1 rings (SSSR count). The Kier molecular flexibility index (Phi) is 6.03. The number of allylic oxidation sites excluding steroid dienone is 1. The van der Waals surface area contributed by atoms with Crippen molar-refractivity contribution in [1.82, 2.24) is 0 Å². The molecule has 0 radical (unpaired) electrons. The van der Waals surface area contributed by atoms with Crippen molar-refractivity contribution in [2.75, 3.05) is 0 Å². The third-order valence-electron chi connectivity index (χ3n) is 1.95. The van der Waals surface area contributed by atoms with Crippen LogP contribution in [0.25, 0.3) is 0 Å². The van der Waals surface area contributed by atoms with E-state index < -0.39 is 0 Å². The maximum absolute atomic E-state index is 11.1. The fourth-order valence-electron chi connectivity index (χ4n) is 1.27. The molecule has 1 aromatic rings. The number of benzene rings is 1. The second-order valence-corrected chi connectivity index (χ2v) is 2.89. The van der Waals surface area contributed by atoms with E-state index in [4.69, 9.17) is 5.73 Å². The third kappa shape index (κ3) is 3.41. The predicted octanol–water partition coefficient (Wildman–Crippen LogP) is 1.18. The minimum absolute atomic E-state index is 0. The zero-order chi connectivity index (χ0) is 9.68. The number of amides is 1. The van der Waals surface area contributed by atoms with Crippen molar-refractivity contribution >= 4 is 24.8 Å². The van der Waals surface area contributed by atoms with Gasteiger partial charge in [-0.05, 0) is 12.0 Å². The Bertz CT molecular complexity index is 297. The first-order valence-corrected chi connectivity index (χ1v) is 4.21. The Hall–Kier alpha value is -0.973. The van der Waals surface area contributed by atoms with Gasteiger partial charge in [0.15, 0.2) is 0 Å². The minimum atomic E-state index is -0.300. The summed E-state index contributed by atoms with van der Waals surface area (Å²) in [5.74, 6) is -0.537. The molecule has 2 nitrogen and oxygen atoms in total. The number of rotatable bonds is 4. The summed E-state index contributed by atoms with van der Waals surface area (Å²) in [5.41, 5.74) is 6.22. The first-order chi connectivity index (χ1) is 6.25. The SMILES string of the molecule is C=CC[C@@H](C(N)=O)c1ccccc1.[LiH]. The molecular formula is C11H14LiNO.